The van der Waals surface area contributed by atoms with Gasteiger partial charge in [-0.1, -0.05) is 22.9 Å². The lowest BCUT2D eigenvalue weighted by molar-refractivity contribution is 0.102. The Morgan fingerprint density at radius 1 is 1.12 bits per heavy atom. The maximum Gasteiger partial charge on any atom is 0.171 e. The number of rotatable bonds is 3. The molecular weight excluding hydrogens is 346 g/mol. The van der Waals surface area contributed by atoms with E-state index in [4.69, 9.17) is 5.73 Å². The Kier molecular flexibility index (Phi) is 3.81. The number of pyridine rings is 1. The van der Waals surface area contributed by atoms with Crippen LogP contribution in [0.1, 0.15) is 27.9 Å². The molecule has 0 aliphatic carbocycles. The summed E-state index contributed by atoms with van der Waals surface area (Å²) in [5, 5.41) is 9.39. The molecule has 0 radical (unpaired) electrons. The maximum absolute atomic E-state index is 11.7. The fourth-order valence-electron chi connectivity index (χ4n) is 2.89. The summed E-state index contributed by atoms with van der Waals surface area (Å²) in [4.78, 5) is 17.6. The van der Waals surface area contributed by atoms with Crippen LogP contribution in [0.25, 0.3) is 27.3 Å². The molecule has 0 saturated heterocycles. The van der Waals surface area contributed by atoms with Crippen molar-refractivity contribution >= 4 is 33.0 Å². The van der Waals surface area contributed by atoms with Crippen LogP contribution >= 0.6 is 11.3 Å². The summed E-state index contributed by atoms with van der Waals surface area (Å²) in [6, 6.07) is 11.9. The van der Waals surface area contributed by atoms with E-state index < -0.39 is 0 Å². The highest BCUT2D eigenvalue weighted by atomic mass is 32.1. The van der Waals surface area contributed by atoms with Crippen LogP contribution in [0.3, 0.4) is 0 Å². The predicted octanol–water partition coefficient (Wildman–Crippen LogP) is 3.95. The molecule has 0 aliphatic heterocycles. The van der Waals surface area contributed by atoms with Gasteiger partial charge in [0.25, 0.3) is 0 Å². The van der Waals surface area contributed by atoms with Gasteiger partial charge in [-0.05, 0) is 38.1 Å². The smallest absolute Gasteiger partial charge is 0.171 e. The summed E-state index contributed by atoms with van der Waals surface area (Å²) >= 11 is 1.31. The molecule has 0 fully saturated rings. The van der Waals surface area contributed by atoms with Gasteiger partial charge in [0.05, 0.1) is 27.6 Å². The molecule has 7 heteroatoms. The minimum absolute atomic E-state index is 0.0476. The summed E-state index contributed by atoms with van der Waals surface area (Å²) < 4.78 is 1.80. The number of thiophene rings is 1. The molecule has 0 spiro atoms. The Morgan fingerprint density at radius 3 is 2.54 bits per heavy atom. The number of carbonyl (C=O) groups excluding carboxylic acids is 1. The van der Waals surface area contributed by atoms with E-state index >= 15 is 0 Å². The minimum Gasteiger partial charge on any atom is -0.397 e. The zero-order valence-electron chi connectivity index (χ0n) is 14.6. The van der Waals surface area contributed by atoms with Crippen LogP contribution in [0, 0.1) is 13.8 Å². The minimum atomic E-state index is -0.0476. The highest BCUT2D eigenvalue weighted by Gasteiger charge is 2.17. The molecule has 0 saturated carbocycles. The van der Waals surface area contributed by atoms with E-state index in [1.807, 2.05) is 50.2 Å². The van der Waals surface area contributed by atoms with E-state index in [9.17, 15) is 4.79 Å². The summed E-state index contributed by atoms with van der Waals surface area (Å²) in [5.74, 6) is -0.0476. The van der Waals surface area contributed by atoms with Crippen molar-refractivity contribution in [2.75, 3.05) is 5.73 Å². The topological polar surface area (TPSA) is 86.7 Å². The number of nitrogens with two attached hydrogens (primary N) is 1. The number of anilines is 1. The van der Waals surface area contributed by atoms with Gasteiger partial charge in [-0.25, -0.2) is 9.67 Å². The molecule has 4 aromatic rings. The summed E-state index contributed by atoms with van der Waals surface area (Å²) in [5.41, 5.74) is 11.0. The van der Waals surface area contributed by atoms with Crippen molar-refractivity contribution in [3.05, 3.63) is 52.5 Å². The number of hydrogen-bond donors (Lipinski definition) is 1. The first-order valence-electron chi connectivity index (χ1n) is 8.15. The monoisotopic (exact) mass is 363 g/mol. The third-order valence-corrected chi connectivity index (χ3v) is 5.55. The second-order valence-electron chi connectivity index (χ2n) is 6.22. The Balaban J connectivity index is 1.81. The fourth-order valence-corrected chi connectivity index (χ4v) is 3.88. The van der Waals surface area contributed by atoms with Crippen LogP contribution < -0.4 is 5.73 Å². The first-order valence-corrected chi connectivity index (χ1v) is 8.97. The highest BCUT2D eigenvalue weighted by molar-refractivity contribution is 7.21. The Morgan fingerprint density at radius 2 is 1.85 bits per heavy atom. The summed E-state index contributed by atoms with van der Waals surface area (Å²) in [7, 11) is 0. The lowest BCUT2D eigenvalue weighted by Gasteiger charge is -2.04. The van der Waals surface area contributed by atoms with Gasteiger partial charge < -0.3 is 5.73 Å². The number of ketones is 1. The molecular formula is C19H17N5OS. The molecule has 6 nitrogen and oxygen atoms in total. The van der Waals surface area contributed by atoms with Crippen molar-refractivity contribution < 1.29 is 4.79 Å². The van der Waals surface area contributed by atoms with Crippen LogP contribution in [0.15, 0.2) is 36.4 Å². The largest absolute Gasteiger partial charge is 0.397 e. The summed E-state index contributed by atoms with van der Waals surface area (Å²) in [6.45, 7) is 5.52. The average molecular weight is 363 g/mol. The third-order valence-electron chi connectivity index (χ3n) is 4.33. The molecule has 3 aromatic heterocycles. The van der Waals surface area contributed by atoms with Crippen molar-refractivity contribution in [2.24, 2.45) is 0 Å². The van der Waals surface area contributed by atoms with Crippen molar-refractivity contribution in [1.29, 1.82) is 0 Å². The lowest BCUT2D eigenvalue weighted by atomic mass is 10.2. The normalized spacial score (nSPS) is 11.2. The van der Waals surface area contributed by atoms with E-state index in [1.165, 1.54) is 23.8 Å². The van der Waals surface area contributed by atoms with Crippen LogP contribution in [-0.2, 0) is 0 Å². The molecule has 0 unspecified atom stereocenters. The summed E-state index contributed by atoms with van der Waals surface area (Å²) in [6.07, 6.45) is 0. The predicted molar refractivity (Wildman–Crippen MR) is 104 cm³/mol. The van der Waals surface area contributed by atoms with Crippen LogP contribution in [0.5, 0.6) is 0 Å². The average Bonchev–Trinajstić information content (AvgIpc) is 3.16. The molecule has 2 N–H and O–H groups in total. The van der Waals surface area contributed by atoms with Gasteiger partial charge >= 0.3 is 0 Å². The van der Waals surface area contributed by atoms with Crippen LogP contribution in [0.2, 0.25) is 0 Å². The molecule has 0 atom stereocenters. The number of aromatic nitrogens is 4. The Hall–Kier alpha value is -3.06. The maximum atomic E-state index is 11.7. The van der Waals surface area contributed by atoms with Gasteiger partial charge in [0.15, 0.2) is 5.78 Å². The standard InChI is InChI=1S/C19H17N5OS/c1-10-4-6-13(7-5-10)24-11(2)17(22-23-24)15-9-8-14-16(20)18(12(3)25)26-19(14)21-15/h4-9H,20H2,1-3H3. The molecule has 3 heterocycles. The van der Waals surface area contributed by atoms with E-state index in [1.54, 1.807) is 4.68 Å². The molecule has 0 bridgehead atoms. The number of hydrogen-bond acceptors (Lipinski definition) is 6. The van der Waals surface area contributed by atoms with E-state index in [0.29, 0.717) is 22.0 Å². The van der Waals surface area contributed by atoms with Crippen LogP contribution in [-0.4, -0.2) is 25.8 Å². The van der Waals surface area contributed by atoms with E-state index in [0.717, 1.165) is 21.6 Å². The first kappa shape index (κ1) is 16.4. The number of benzene rings is 1. The fraction of sp³-hybridized carbons (Fsp3) is 0.158. The van der Waals surface area contributed by atoms with Crippen molar-refractivity contribution in [3.8, 4) is 17.1 Å². The SMILES string of the molecule is CC(=O)c1sc2nc(-c3nnn(-c4ccc(C)cc4)c3C)ccc2c1N. The Bertz CT molecular complexity index is 1140. The Labute approximate surface area is 154 Å². The molecule has 130 valence electrons. The number of carbonyl (C=O) groups is 1. The zero-order valence-corrected chi connectivity index (χ0v) is 15.5. The second-order valence-corrected chi connectivity index (χ2v) is 7.22. The molecule has 4 rings (SSSR count). The molecule has 0 aliphatic rings. The van der Waals surface area contributed by atoms with Crippen molar-refractivity contribution in [2.45, 2.75) is 20.8 Å². The zero-order chi connectivity index (χ0) is 18.4. The number of nitrogen functional groups attached to an aromatic ring is 1. The first-order chi connectivity index (χ1) is 12.5. The highest BCUT2D eigenvalue weighted by Crippen LogP contribution is 2.34. The van der Waals surface area contributed by atoms with Gasteiger partial charge in [-0.2, -0.15) is 0 Å². The van der Waals surface area contributed by atoms with Gasteiger partial charge in [-0.15, -0.1) is 16.4 Å². The second kappa shape index (κ2) is 6.03. The number of fused-ring (bicyclic) bond motifs is 1. The quantitative estimate of drug-likeness (QED) is 0.557. The molecule has 1 aromatic carbocycles. The molecule has 26 heavy (non-hydrogen) atoms. The van der Waals surface area contributed by atoms with Crippen molar-refractivity contribution in [1.82, 2.24) is 20.0 Å². The van der Waals surface area contributed by atoms with Gasteiger partial charge in [0.2, 0.25) is 0 Å². The number of Topliss-reactive ketones (excluding diaryl/α,β-unsaturated/α-hetero) is 1. The van der Waals surface area contributed by atoms with Crippen molar-refractivity contribution in [3.63, 3.8) is 0 Å². The van der Waals surface area contributed by atoms with Gasteiger partial charge in [-0.3, -0.25) is 4.79 Å². The number of aryl methyl sites for hydroxylation is 1. The third kappa shape index (κ3) is 2.57. The van der Waals surface area contributed by atoms with Crippen LogP contribution in [0.4, 0.5) is 5.69 Å². The number of nitrogens with zero attached hydrogens (tertiary/aromatic N) is 4. The molecule has 0 amide bonds. The lowest BCUT2D eigenvalue weighted by Crippen LogP contribution is -1.99. The van der Waals surface area contributed by atoms with E-state index in [-0.39, 0.29) is 5.78 Å². The van der Waals surface area contributed by atoms with E-state index in [2.05, 4.69) is 15.3 Å². The van der Waals surface area contributed by atoms with Gasteiger partial charge in [0, 0.05) is 12.3 Å². The van der Waals surface area contributed by atoms with Gasteiger partial charge in [0.1, 0.15) is 10.5 Å².